The van der Waals surface area contributed by atoms with Crippen LogP contribution in [0.25, 0.3) is 0 Å². The Morgan fingerprint density at radius 1 is 0.917 bits per heavy atom. The van der Waals surface area contributed by atoms with Crippen LogP contribution in [0.3, 0.4) is 0 Å². The molecule has 0 amide bonds. The van der Waals surface area contributed by atoms with Crippen LogP contribution in [-0.4, -0.2) is 23.9 Å². The molecule has 0 bridgehead atoms. The molecule has 2 aromatic rings. The zero-order chi connectivity index (χ0) is 16.8. The number of para-hydroxylation sites is 1. The van der Waals surface area contributed by atoms with Gasteiger partial charge in [-0.05, 0) is 18.6 Å². The van der Waals surface area contributed by atoms with Gasteiger partial charge in [-0.15, -0.1) is 0 Å². The third-order valence-electron chi connectivity index (χ3n) is 3.73. The van der Waals surface area contributed by atoms with E-state index in [-0.39, 0.29) is 5.78 Å². The maximum absolute atomic E-state index is 13.0. The van der Waals surface area contributed by atoms with Crippen molar-refractivity contribution in [1.82, 2.24) is 10.6 Å². The first-order valence-corrected chi connectivity index (χ1v) is 8.34. The summed E-state index contributed by atoms with van der Waals surface area (Å²) in [4.78, 5) is 13.4. The Labute approximate surface area is 147 Å². The molecule has 1 heterocycles. The summed E-state index contributed by atoms with van der Waals surface area (Å²) in [6.45, 7) is 1.64. The van der Waals surface area contributed by atoms with Crippen LogP contribution in [0.15, 0.2) is 72.1 Å². The van der Waals surface area contributed by atoms with E-state index in [2.05, 4.69) is 16.0 Å². The lowest BCUT2D eigenvalue weighted by atomic mass is 10.0. The molecule has 0 radical (unpaired) electrons. The molecule has 1 aliphatic heterocycles. The van der Waals surface area contributed by atoms with Crippen molar-refractivity contribution in [3.8, 4) is 0 Å². The van der Waals surface area contributed by atoms with Gasteiger partial charge in [-0.1, -0.05) is 60.7 Å². The Morgan fingerprint density at radius 3 is 2.12 bits per heavy atom. The van der Waals surface area contributed by atoms with Gasteiger partial charge in [0.15, 0.2) is 5.78 Å². The molecule has 24 heavy (non-hydrogen) atoms. The van der Waals surface area contributed by atoms with Crippen LogP contribution in [0, 0.1) is 0 Å². The molecule has 3 rings (SSSR count). The molecule has 3 N–H and O–H groups in total. The van der Waals surface area contributed by atoms with Crippen LogP contribution in [0.2, 0.25) is 0 Å². The molecule has 4 nitrogen and oxygen atoms in total. The average Bonchev–Trinajstić information content (AvgIpc) is 2.64. The number of hydrogen-bond donors (Lipinski definition) is 3. The molecule has 1 fully saturated rings. The molecule has 0 atom stereocenters. The summed E-state index contributed by atoms with van der Waals surface area (Å²) in [5.41, 5.74) is 1.95. The van der Waals surface area contributed by atoms with E-state index in [0.29, 0.717) is 21.9 Å². The molecule has 0 aliphatic carbocycles. The number of Topliss-reactive ketones (excluding diaryl/α,β-unsaturated/α-hetero) is 1. The number of carbonyl (C=O) groups excluding carboxylic acids is 1. The molecule has 5 heteroatoms. The second-order valence-corrected chi connectivity index (χ2v) is 5.88. The van der Waals surface area contributed by atoms with E-state index in [1.54, 1.807) is 12.1 Å². The Bertz CT molecular complexity index is 749. The number of rotatable bonds is 4. The van der Waals surface area contributed by atoms with Crippen LogP contribution in [0.5, 0.6) is 0 Å². The van der Waals surface area contributed by atoms with Crippen molar-refractivity contribution in [1.29, 1.82) is 0 Å². The van der Waals surface area contributed by atoms with Crippen molar-refractivity contribution in [3.05, 3.63) is 77.6 Å². The lowest BCUT2D eigenvalue weighted by molar-refractivity contribution is 0.103. The lowest BCUT2D eigenvalue weighted by Crippen LogP contribution is -2.39. The number of thiocarbonyl (C=S) groups is 1. The minimum atomic E-state index is -0.0964. The van der Waals surface area contributed by atoms with Crippen molar-refractivity contribution in [2.45, 2.75) is 6.42 Å². The van der Waals surface area contributed by atoms with Crippen molar-refractivity contribution in [2.24, 2.45) is 0 Å². The van der Waals surface area contributed by atoms with Crippen LogP contribution in [0.4, 0.5) is 5.69 Å². The number of nitrogens with one attached hydrogen (secondary N) is 3. The van der Waals surface area contributed by atoms with E-state index in [9.17, 15) is 4.79 Å². The first kappa shape index (κ1) is 16.2. The summed E-state index contributed by atoms with van der Waals surface area (Å²) < 4.78 is 0. The van der Waals surface area contributed by atoms with Gasteiger partial charge >= 0.3 is 0 Å². The number of carbonyl (C=O) groups is 1. The number of ketones is 1. The van der Waals surface area contributed by atoms with Gasteiger partial charge < -0.3 is 16.0 Å². The van der Waals surface area contributed by atoms with Gasteiger partial charge in [-0.2, -0.15) is 0 Å². The third-order valence-corrected chi connectivity index (χ3v) is 4.04. The molecule has 2 aromatic carbocycles. The van der Waals surface area contributed by atoms with E-state index in [1.807, 2.05) is 48.5 Å². The maximum atomic E-state index is 13.0. The minimum absolute atomic E-state index is 0.0964. The molecule has 0 spiro atoms. The highest BCUT2D eigenvalue weighted by Gasteiger charge is 2.23. The van der Waals surface area contributed by atoms with E-state index in [4.69, 9.17) is 12.2 Å². The Hall–Kier alpha value is -2.66. The van der Waals surface area contributed by atoms with Crippen molar-refractivity contribution < 1.29 is 4.79 Å². The van der Waals surface area contributed by atoms with E-state index in [0.717, 1.165) is 25.2 Å². The second kappa shape index (κ2) is 7.75. The summed E-state index contributed by atoms with van der Waals surface area (Å²) >= 11 is 5.54. The van der Waals surface area contributed by atoms with E-state index < -0.39 is 0 Å². The Balaban J connectivity index is 1.93. The highest BCUT2D eigenvalue weighted by molar-refractivity contribution is 7.81. The summed E-state index contributed by atoms with van der Waals surface area (Å²) in [6, 6.07) is 18.8. The van der Waals surface area contributed by atoms with Gasteiger partial charge in [0.05, 0.1) is 5.57 Å². The fourth-order valence-corrected chi connectivity index (χ4v) is 2.85. The van der Waals surface area contributed by atoms with Gasteiger partial charge in [0.1, 0.15) is 10.8 Å². The predicted octanol–water partition coefficient (Wildman–Crippen LogP) is 3.10. The Morgan fingerprint density at radius 2 is 1.50 bits per heavy atom. The third kappa shape index (κ3) is 3.81. The summed E-state index contributed by atoms with van der Waals surface area (Å²) in [5.74, 6) is 0.601. The molecule has 1 saturated heterocycles. The van der Waals surface area contributed by atoms with Crippen molar-refractivity contribution in [3.63, 3.8) is 0 Å². The average molecular weight is 337 g/mol. The molecule has 0 saturated carbocycles. The molecule has 122 valence electrons. The lowest BCUT2D eigenvalue weighted by Gasteiger charge is -2.23. The summed E-state index contributed by atoms with van der Waals surface area (Å²) in [7, 11) is 0. The second-order valence-electron chi connectivity index (χ2n) is 5.47. The fraction of sp³-hybridized carbons (Fsp3) is 0.158. The van der Waals surface area contributed by atoms with E-state index in [1.165, 1.54) is 0 Å². The zero-order valence-electron chi connectivity index (χ0n) is 13.2. The monoisotopic (exact) mass is 337 g/mol. The van der Waals surface area contributed by atoms with Gasteiger partial charge in [0.2, 0.25) is 0 Å². The van der Waals surface area contributed by atoms with Crippen LogP contribution in [-0.2, 0) is 0 Å². The molecule has 0 aromatic heterocycles. The smallest absolute Gasteiger partial charge is 0.199 e. The predicted molar refractivity (Wildman–Crippen MR) is 101 cm³/mol. The van der Waals surface area contributed by atoms with Crippen LogP contribution >= 0.6 is 12.2 Å². The first-order chi connectivity index (χ1) is 11.8. The number of hydrogen-bond acceptors (Lipinski definition) is 4. The Kier molecular flexibility index (Phi) is 5.23. The molecule has 1 aliphatic rings. The number of benzene rings is 2. The van der Waals surface area contributed by atoms with Gasteiger partial charge in [-0.25, -0.2) is 0 Å². The van der Waals surface area contributed by atoms with Gasteiger partial charge in [0, 0.05) is 24.3 Å². The largest absolute Gasteiger partial charge is 0.371 e. The fourth-order valence-electron chi connectivity index (χ4n) is 2.53. The van der Waals surface area contributed by atoms with Crippen LogP contribution in [0.1, 0.15) is 16.8 Å². The van der Waals surface area contributed by atoms with E-state index >= 15 is 0 Å². The standard InChI is InChI=1S/C19H19N3OS/c23-17(14-8-3-1-4-9-14)16(18-20-12-7-13-21-18)19(24)22-15-10-5-2-6-11-15/h1-6,8-11,20-21H,7,12-13H2,(H,22,24). The molecular formula is C19H19N3OS. The summed E-state index contributed by atoms with van der Waals surface area (Å²) in [6.07, 6.45) is 1.01. The SMILES string of the molecule is O=C(C(C(=S)Nc1ccccc1)=C1NCCCN1)c1ccccc1. The van der Waals surface area contributed by atoms with Crippen molar-refractivity contribution >= 4 is 28.7 Å². The topological polar surface area (TPSA) is 53.2 Å². The molecule has 0 unspecified atom stereocenters. The normalized spacial score (nSPS) is 13.4. The number of anilines is 1. The minimum Gasteiger partial charge on any atom is -0.371 e. The highest BCUT2D eigenvalue weighted by atomic mass is 32.1. The zero-order valence-corrected chi connectivity index (χ0v) is 14.0. The van der Waals surface area contributed by atoms with Gasteiger partial charge in [-0.3, -0.25) is 4.79 Å². The van der Waals surface area contributed by atoms with Crippen LogP contribution < -0.4 is 16.0 Å². The first-order valence-electron chi connectivity index (χ1n) is 7.94. The highest BCUT2D eigenvalue weighted by Crippen LogP contribution is 2.16. The quantitative estimate of drug-likeness (QED) is 0.455. The summed E-state index contributed by atoms with van der Waals surface area (Å²) in [5, 5.41) is 9.68. The van der Waals surface area contributed by atoms with Gasteiger partial charge in [0.25, 0.3) is 0 Å². The molecular weight excluding hydrogens is 318 g/mol. The maximum Gasteiger partial charge on any atom is 0.199 e. The van der Waals surface area contributed by atoms with Crippen molar-refractivity contribution in [2.75, 3.05) is 18.4 Å².